The van der Waals surface area contributed by atoms with Crippen molar-refractivity contribution in [1.82, 2.24) is 4.90 Å². The number of rotatable bonds is 7. The average Bonchev–Trinajstić information content (AvgIpc) is 3.23. The summed E-state index contributed by atoms with van der Waals surface area (Å²) in [5.41, 5.74) is 2.96. The van der Waals surface area contributed by atoms with Crippen molar-refractivity contribution in [2.75, 3.05) is 31.6 Å². The van der Waals surface area contributed by atoms with Gasteiger partial charge in [0.05, 0.1) is 13.2 Å². The second kappa shape index (κ2) is 9.61. The number of ether oxygens (including phenoxy) is 2. The minimum Gasteiger partial charge on any atom is -0.485 e. The molecule has 3 aromatic rings. The Balaban J connectivity index is 1.34. The van der Waals surface area contributed by atoms with Gasteiger partial charge in [-0.1, -0.05) is 30.3 Å². The van der Waals surface area contributed by atoms with Crippen LogP contribution in [0.5, 0.6) is 5.75 Å². The van der Waals surface area contributed by atoms with Gasteiger partial charge in [0.1, 0.15) is 18.1 Å². The molecule has 0 atom stereocenters. The molecule has 1 aliphatic heterocycles. The van der Waals surface area contributed by atoms with Gasteiger partial charge in [-0.25, -0.2) is 0 Å². The fourth-order valence-corrected chi connectivity index (χ4v) is 3.40. The molecule has 4 rings (SSSR count). The van der Waals surface area contributed by atoms with Crippen molar-refractivity contribution in [3.8, 4) is 5.75 Å². The number of amides is 1. The first-order valence-corrected chi connectivity index (χ1v) is 10.1. The Morgan fingerprint density at radius 2 is 1.90 bits per heavy atom. The summed E-state index contributed by atoms with van der Waals surface area (Å²) in [6, 6.07) is 19.1. The highest BCUT2D eigenvalue weighted by atomic mass is 16.5. The van der Waals surface area contributed by atoms with Crippen LogP contribution >= 0.6 is 0 Å². The van der Waals surface area contributed by atoms with Crippen LogP contribution in [0.1, 0.15) is 27.4 Å². The molecule has 0 bridgehead atoms. The number of anilines is 1. The molecule has 1 aromatic heterocycles. The molecule has 0 spiro atoms. The molecule has 0 saturated carbocycles. The second-order valence-corrected chi connectivity index (χ2v) is 7.36. The van der Waals surface area contributed by atoms with E-state index in [9.17, 15) is 4.79 Å². The van der Waals surface area contributed by atoms with Crippen molar-refractivity contribution in [3.63, 3.8) is 0 Å². The Hall–Kier alpha value is -3.09. The molecule has 6 heteroatoms. The number of nitrogens with one attached hydrogen (secondary N) is 1. The molecule has 2 heterocycles. The highest BCUT2D eigenvalue weighted by Gasteiger charge is 2.14. The fraction of sp³-hybridized carbons (Fsp3) is 0.292. The van der Waals surface area contributed by atoms with Crippen LogP contribution in [0.2, 0.25) is 0 Å². The van der Waals surface area contributed by atoms with Crippen molar-refractivity contribution >= 4 is 11.6 Å². The van der Waals surface area contributed by atoms with Gasteiger partial charge in [-0.15, -0.1) is 0 Å². The van der Waals surface area contributed by atoms with E-state index in [4.69, 9.17) is 13.9 Å². The van der Waals surface area contributed by atoms with Gasteiger partial charge in [-0.2, -0.15) is 0 Å². The van der Waals surface area contributed by atoms with E-state index >= 15 is 0 Å². The van der Waals surface area contributed by atoms with E-state index in [0.29, 0.717) is 5.76 Å². The molecule has 6 nitrogen and oxygen atoms in total. The summed E-state index contributed by atoms with van der Waals surface area (Å²) in [7, 11) is 0. The van der Waals surface area contributed by atoms with Gasteiger partial charge in [-0.3, -0.25) is 9.69 Å². The number of hydrogen-bond donors (Lipinski definition) is 1. The van der Waals surface area contributed by atoms with Gasteiger partial charge in [0.25, 0.3) is 5.91 Å². The molecule has 0 aliphatic carbocycles. The van der Waals surface area contributed by atoms with E-state index in [-0.39, 0.29) is 18.3 Å². The van der Waals surface area contributed by atoms with Gasteiger partial charge in [0.2, 0.25) is 0 Å². The standard InChI is InChI=1S/C24H26N2O4/c1-18-5-2-3-8-22(18)29-17-21-9-10-23(30-21)24(27)25-20-7-4-6-19(15-20)16-26-11-13-28-14-12-26/h2-10,15H,11-14,16-17H2,1H3,(H,25,27). The number of furan rings is 1. The predicted octanol–water partition coefficient (Wildman–Crippen LogP) is 4.25. The van der Waals surface area contributed by atoms with Gasteiger partial charge < -0.3 is 19.2 Å². The Bertz CT molecular complexity index is 992. The summed E-state index contributed by atoms with van der Waals surface area (Å²) in [5, 5.41) is 2.92. The lowest BCUT2D eigenvalue weighted by atomic mass is 10.2. The third-order valence-corrected chi connectivity index (χ3v) is 5.04. The van der Waals surface area contributed by atoms with Crippen LogP contribution < -0.4 is 10.1 Å². The molecular formula is C24H26N2O4. The summed E-state index contributed by atoms with van der Waals surface area (Å²) >= 11 is 0. The first-order chi connectivity index (χ1) is 14.7. The van der Waals surface area contributed by atoms with Crippen LogP contribution in [0, 0.1) is 6.92 Å². The van der Waals surface area contributed by atoms with Crippen molar-refractivity contribution in [2.24, 2.45) is 0 Å². The number of carbonyl (C=O) groups excluding carboxylic acids is 1. The minimum atomic E-state index is -0.277. The largest absolute Gasteiger partial charge is 0.485 e. The van der Waals surface area contributed by atoms with E-state index < -0.39 is 0 Å². The highest BCUT2D eigenvalue weighted by molar-refractivity contribution is 6.02. The van der Waals surface area contributed by atoms with Crippen LogP contribution in [0.25, 0.3) is 0 Å². The lowest BCUT2D eigenvalue weighted by Crippen LogP contribution is -2.35. The monoisotopic (exact) mass is 406 g/mol. The third-order valence-electron chi connectivity index (χ3n) is 5.04. The molecule has 1 aliphatic rings. The quantitative estimate of drug-likeness (QED) is 0.635. The van der Waals surface area contributed by atoms with Crippen LogP contribution in [0.3, 0.4) is 0 Å². The molecule has 156 valence electrons. The molecule has 30 heavy (non-hydrogen) atoms. The van der Waals surface area contributed by atoms with Crippen LogP contribution in [0.15, 0.2) is 65.1 Å². The fourth-order valence-electron chi connectivity index (χ4n) is 3.40. The van der Waals surface area contributed by atoms with Gasteiger partial charge in [-0.05, 0) is 48.4 Å². The van der Waals surface area contributed by atoms with Crippen molar-refractivity contribution < 1.29 is 18.7 Å². The number of carbonyl (C=O) groups is 1. The third kappa shape index (κ3) is 5.28. The zero-order valence-electron chi connectivity index (χ0n) is 17.1. The lowest BCUT2D eigenvalue weighted by Gasteiger charge is -2.26. The van der Waals surface area contributed by atoms with Crippen LogP contribution in [-0.4, -0.2) is 37.1 Å². The SMILES string of the molecule is Cc1ccccc1OCc1ccc(C(=O)Nc2cccc(CN3CCOCC3)c2)o1. The number of aryl methyl sites for hydroxylation is 1. The molecule has 0 radical (unpaired) electrons. The van der Waals surface area contributed by atoms with E-state index in [1.165, 1.54) is 0 Å². The van der Waals surface area contributed by atoms with Gasteiger partial charge in [0, 0.05) is 25.3 Å². The molecular weight excluding hydrogens is 380 g/mol. The van der Waals surface area contributed by atoms with Gasteiger partial charge in [0.15, 0.2) is 5.76 Å². The summed E-state index contributed by atoms with van der Waals surface area (Å²) < 4.78 is 16.8. The number of benzene rings is 2. The van der Waals surface area contributed by atoms with Crippen LogP contribution in [-0.2, 0) is 17.9 Å². The number of nitrogens with zero attached hydrogens (tertiary/aromatic N) is 1. The zero-order chi connectivity index (χ0) is 20.8. The number of morpholine rings is 1. The molecule has 1 saturated heterocycles. The van der Waals surface area contributed by atoms with Crippen molar-refractivity contribution in [3.05, 3.63) is 83.3 Å². The normalized spacial score (nSPS) is 14.4. The maximum absolute atomic E-state index is 12.6. The topological polar surface area (TPSA) is 63.9 Å². The first-order valence-electron chi connectivity index (χ1n) is 10.1. The average molecular weight is 406 g/mol. The zero-order valence-corrected chi connectivity index (χ0v) is 17.1. The van der Waals surface area contributed by atoms with Crippen LogP contribution in [0.4, 0.5) is 5.69 Å². The Morgan fingerprint density at radius 3 is 2.73 bits per heavy atom. The van der Waals surface area contributed by atoms with E-state index in [1.54, 1.807) is 12.1 Å². The summed E-state index contributed by atoms with van der Waals surface area (Å²) in [6.45, 7) is 6.49. The molecule has 1 N–H and O–H groups in total. The van der Waals surface area contributed by atoms with Gasteiger partial charge >= 0.3 is 0 Å². The smallest absolute Gasteiger partial charge is 0.291 e. The Kier molecular flexibility index (Phi) is 6.47. The van der Waals surface area contributed by atoms with Crippen molar-refractivity contribution in [2.45, 2.75) is 20.1 Å². The first kappa shape index (κ1) is 20.2. The molecule has 2 aromatic carbocycles. The minimum absolute atomic E-state index is 0.261. The Labute approximate surface area is 176 Å². The van der Waals surface area contributed by atoms with E-state index in [0.717, 1.165) is 55.4 Å². The molecule has 1 amide bonds. The maximum atomic E-state index is 12.6. The summed E-state index contributed by atoms with van der Waals surface area (Å²) in [6.07, 6.45) is 0. The number of para-hydroxylation sites is 1. The summed E-state index contributed by atoms with van der Waals surface area (Å²) in [5.74, 6) is 1.39. The molecule has 1 fully saturated rings. The summed E-state index contributed by atoms with van der Waals surface area (Å²) in [4.78, 5) is 14.9. The molecule has 0 unspecified atom stereocenters. The predicted molar refractivity (Wildman–Crippen MR) is 115 cm³/mol. The van der Waals surface area contributed by atoms with Crippen molar-refractivity contribution in [1.29, 1.82) is 0 Å². The highest BCUT2D eigenvalue weighted by Crippen LogP contribution is 2.20. The maximum Gasteiger partial charge on any atom is 0.291 e. The Morgan fingerprint density at radius 1 is 1.07 bits per heavy atom. The van der Waals surface area contributed by atoms with E-state index in [1.807, 2.05) is 49.4 Å². The number of hydrogen-bond acceptors (Lipinski definition) is 5. The lowest BCUT2D eigenvalue weighted by molar-refractivity contribution is 0.0342. The second-order valence-electron chi connectivity index (χ2n) is 7.36. The van der Waals surface area contributed by atoms with E-state index in [2.05, 4.69) is 16.3 Å².